The highest BCUT2D eigenvalue weighted by atomic mass is 32.1. The number of nitrogens with zero attached hydrogens (tertiary/aromatic N) is 1. The van der Waals surface area contributed by atoms with Crippen molar-refractivity contribution in [2.45, 2.75) is 13.3 Å². The van der Waals surface area contributed by atoms with Crippen molar-refractivity contribution in [1.29, 1.82) is 5.41 Å². The zero-order chi connectivity index (χ0) is 12.7. The van der Waals surface area contributed by atoms with Crippen molar-refractivity contribution >= 4 is 32.8 Å². The first-order valence-corrected chi connectivity index (χ1v) is 6.48. The van der Waals surface area contributed by atoms with Gasteiger partial charge in [0, 0.05) is 17.7 Å². The van der Waals surface area contributed by atoms with E-state index in [-0.39, 0.29) is 5.82 Å². The predicted octanol–water partition coefficient (Wildman–Crippen LogP) is 4.19. The minimum absolute atomic E-state index is 0.221. The Bertz CT molecular complexity index is 710. The van der Waals surface area contributed by atoms with E-state index in [0.717, 1.165) is 16.2 Å². The minimum atomic E-state index is -0.221. The molecule has 2 aromatic rings. The molecule has 1 aromatic carbocycles. The molecule has 0 spiro atoms. The highest BCUT2D eigenvalue weighted by Gasteiger charge is 2.13. The maximum Gasteiger partial charge on any atom is 0.142 e. The Hall–Kier alpha value is -1.81. The number of halogens is 1. The molecule has 3 rings (SSSR count). The maximum atomic E-state index is 13.6. The van der Waals surface area contributed by atoms with Crippen LogP contribution in [0.15, 0.2) is 35.9 Å². The molecule has 0 unspecified atom stereocenters. The number of rotatable bonds is 1. The lowest BCUT2D eigenvalue weighted by Gasteiger charge is -2.09. The third kappa shape index (κ3) is 1.78. The van der Waals surface area contributed by atoms with Crippen molar-refractivity contribution in [3.63, 3.8) is 0 Å². The van der Waals surface area contributed by atoms with Gasteiger partial charge < -0.3 is 5.41 Å². The van der Waals surface area contributed by atoms with Crippen LogP contribution < -0.4 is 0 Å². The van der Waals surface area contributed by atoms with Gasteiger partial charge in [-0.25, -0.2) is 9.37 Å². The Morgan fingerprint density at radius 1 is 1.39 bits per heavy atom. The number of benzene rings is 1. The summed E-state index contributed by atoms with van der Waals surface area (Å²) in [6, 6.07) is 4.95. The molecule has 0 saturated carbocycles. The van der Waals surface area contributed by atoms with Crippen LogP contribution >= 0.6 is 11.3 Å². The molecule has 2 nitrogen and oxygen atoms in total. The van der Waals surface area contributed by atoms with Gasteiger partial charge in [0.1, 0.15) is 10.8 Å². The lowest BCUT2D eigenvalue weighted by Crippen LogP contribution is -2.01. The van der Waals surface area contributed by atoms with Crippen LogP contribution in [0.2, 0.25) is 0 Å². The zero-order valence-electron chi connectivity index (χ0n) is 9.83. The highest BCUT2D eigenvalue weighted by Crippen LogP contribution is 2.31. The monoisotopic (exact) mass is 258 g/mol. The smallest absolute Gasteiger partial charge is 0.142 e. The van der Waals surface area contributed by atoms with E-state index in [1.807, 2.05) is 25.1 Å². The average Bonchev–Trinajstić information content (AvgIpc) is 2.78. The summed E-state index contributed by atoms with van der Waals surface area (Å²) in [5.74, 6) is -0.221. The molecule has 1 heterocycles. The summed E-state index contributed by atoms with van der Waals surface area (Å²) in [5.41, 5.74) is 3.27. The summed E-state index contributed by atoms with van der Waals surface area (Å²) in [5, 5.41) is 8.52. The molecular formula is C14H11FN2S. The number of hydrogen-bond donors (Lipinski definition) is 1. The second-order valence-corrected chi connectivity index (χ2v) is 5.28. The maximum absolute atomic E-state index is 13.6. The lowest BCUT2D eigenvalue weighted by atomic mass is 9.99. The van der Waals surface area contributed by atoms with E-state index < -0.39 is 0 Å². The molecule has 1 aromatic heterocycles. The molecule has 0 radical (unpaired) electrons. The molecule has 0 aliphatic heterocycles. The van der Waals surface area contributed by atoms with Crippen molar-refractivity contribution in [3.05, 3.63) is 46.7 Å². The van der Waals surface area contributed by atoms with Gasteiger partial charge in [-0.15, -0.1) is 11.3 Å². The largest absolute Gasteiger partial charge is 0.305 e. The lowest BCUT2D eigenvalue weighted by molar-refractivity contribution is 0.641. The summed E-state index contributed by atoms with van der Waals surface area (Å²) in [4.78, 5) is 4.45. The topological polar surface area (TPSA) is 36.7 Å². The van der Waals surface area contributed by atoms with Gasteiger partial charge in [0.25, 0.3) is 0 Å². The van der Waals surface area contributed by atoms with Crippen LogP contribution in [0.3, 0.4) is 0 Å². The van der Waals surface area contributed by atoms with E-state index in [2.05, 4.69) is 4.98 Å². The van der Waals surface area contributed by atoms with Crippen molar-refractivity contribution in [3.8, 4) is 0 Å². The summed E-state index contributed by atoms with van der Waals surface area (Å²) in [7, 11) is 0. The number of fused-ring (bicyclic) bond motifs is 1. The second kappa shape index (κ2) is 4.14. The molecular weight excluding hydrogens is 247 g/mol. The number of nitrogens with one attached hydrogen (secondary N) is 1. The number of allylic oxidation sites excluding steroid dienone is 4. The number of hydrogen-bond acceptors (Lipinski definition) is 3. The third-order valence-electron chi connectivity index (χ3n) is 2.99. The first-order valence-electron chi connectivity index (χ1n) is 5.67. The normalized spacial score (nSPS) is 15.8. The van der Waals surface area contributed by atoms with Crippen molar-refractivity contribution in [2.24, 2.45) is 0 Å². The van der Waals surface area contributed by atoms with Gasteiger partial charge in [0.2, 0.25) is 0 Å². The van der Waals surface area contributed by atoms with E-state index in [0.29, 0.717) is 22.3 Å². The molecule has 0 atom stereocenters. The van der Waals surface area contributed by atoms with E-state index in [1.54, 1.807) is 6.07 Å². The average molecular weight is 258 g/mol. The molecule has 0 bridgehead atoms. The Balaban J connectivity index is 2.11. The molecule has 1 aliphatic rings. The molecule has 0 fully saturated rings. The van der Waals surface area contributed by atoms with E-state index >= 15 is 0 Å². The Morgan fingerprint density at radius 2 is 2.22 bits per heavy atom. The first kappa shape index (κ1) is 11.3. The highest BCUT2D eigenvalue weighted by molar-refractivity contribution is 7.19. The Kier molecular flexibility index (Phi) is 2.59. The fourth-order valence-corrected chi connectivity index (χ4v) is 2.92. The molecule has 1 N–H and O–H groups in total. The summed E-state index contributed by atoms with van der Waals surface area (Å²) in [6.45, 7) is 1.92. The number of thiazole rings is 1. The standard InChI is InChI=1S/C14H11FN2S/c1-8-7-9(5-6-11(8)16)14-17-12-4-2-3-10(15)13(12)18-14/h2-5,7,16H,6H2,1H3. The van der Waals surface area contributed by atoms with Crippen LogP contribution in [0.25, 0.3) is 15.8 Å². The molecule has 90 valence electrons. The van der Waals surface area contributed by atoms with Crippen LogP contribution in [0.5, 0.6) is 0 Å². The molecule has 0 amide bonds. The zero-order valence-corrected chi connectivity index (χ0v) is 10.6. The van der Waals surface area contributed by atoms with Gasteiger partial charge in [-0.3, -0.25) is 0 Å². The quantitative estimate of drug-likeness (QED) is 0.818. The van der Waals surface area contributed by atoms with Crippen LogP contribution in [0.4, 0.5) is 4.39 Å². The van der Waals surface area contributed by atoms with Gasteiger partial charge in [-0.1, -0.05) is 12.1 Å². The first-order chi connectivity index (χ1) is 8.65. The minimum Gasteiger partial charge on any atom is -0.305 e. The van der Waals surface area contributed by atoms with Crippen LogP contribution in [-0.4, -0.2) is 10.7 Å². The predicted molar refractivity (Wildman–Crippen MR) is 73.7 cm³/mol. The van der Waals surface area contributed by atoms with E-state index in [4.69, 9.17) is 5.41 Å². The summed E-state index contributed by atoms with van der Waals surface area (Å²) in [6.07, 6.45) is 4.54. The van der Waals surface area contributed by atoms with Crippen LogP contribution in [0.1, 0.15) is 18.4 Å². The van der Waals surface area contributed by atoms with E-state index in [9.17, 15) is 4.39 Å². The molecule has 4 heteroatoms. The molecule has 18 heavy (non-hydrogen) atoms. The Labute approximate surface area is 108 Å². The SMILES string of the molecule is CC1=CC(c2nc3cccc(F)c3s2)=CCC1=N. The van der Waals surface area contributed by atoms with Gasteiger partial charge in [0.05, 0.1) is 10.2 Å². The van der Waals surface area contributed by atoms with Gasteiger partial charge >= 0.3 is 0 Å². The van der Waals surface area contributed by atoms with Crippen molar-refractivity contribution in [1.82, 2.24) is 4.98 Å². The van der Waals surface area contributed by atoms with Gasteiger partial charge in [0.15, 0.2) is 0 Å². The second-order valence-electron chi connectivity index (χ2n) is 4.28. The molecule has 0 saturated heterocycles. The summed E-state index contributed by atoms with van der Waals surface area (Å²) < 4.78 is 14.2. The summed E-state index contributed by atoms with van der Waals surface area (Å²) >= 11 is 1.36. The Morgan fingerprint density at radius 3 is 2.94 bits per heavy atom. The van der Waals surface area contributed by atoms with E-state index in [1.165, 1.54) is 17.4 Å². The molecule has 1 aliphatic carbocycles. The van der Waals surface area contributed by atoms with Crippen LogP contribution in [-0.2, 0) is 0 Å². The number of aromatic nitrogens is 1. The van der Waals surface area contributed by atoms with Crippen LogP contribution in [0, 0.1) is 11.2 Å². The van der Waals surface area contributed by atoms with Crippen molar-refractivity contribution in [2.75, 3.05) is 0 Å². The van der Waals surface area contributed by atoms with Gasteiger partial charge in [-0.05, 0) is 30.7 Å². The third-order valence-corrected chi connectivity index (χ3v) is 4.12. The fraction of sp³-hybridized carbons (Fsp3) is 0.143. The van der Waals surface area contributed by atoms with Crippen molar-refractivity contribution < 1.29 is 4.39 Å². The fourth-order valence-electron chi connectivity index (χ4n) is 1.94. The van der Waals surface area contributed by atoms with Gasteiger partial charge in [-0.2, -0.15) is 0 Å².